The van der Waals surface area contributed by atoms with Crippen LogP contribution in [0.25, 0.3) is 11.3 Å². The maximum Gasteiger partial charge on any atom is 0.333 e. The summed E-state index contributed by atoms with van der Waals surface area (Å²) in [4.78, 5) is 32.6. The van der Waals surface area contributed by atoms with Gasteiger partial charge in [-0.05, 0) is 25.0 Å². The highest BCUT2D eigenvalue weighted by molar-refractivity contribution is 6.03. The molecule has 0 unspecified atom stereocenters. The second-order valence-electron chi connectivity index (χ2n) is 9.40. The van der Waals surface area contributed by atoms with Gasteiger partial charge in [0.25, 0.3) is 12.3 Å². The molecule has 38 heavy (non-hydrogen) atoms. The van der Waals surface area contributed by atoms with Gasteiger partial charge in [0.15, 0.2) is 5.69 Å². The van der Waals surface area contributed by atoms with Crippen molar-refractivity contribution >= 4 is 17.5 Å². The molecular weight excluding hydrogens is 508 g/mol. The van der Waals surface area contributed by atoms with Crippen molar-refractivity contribution in [3.8, 4) is 11.3 Å². The maximum absolute atomic E-state index is 13.7. The summed E-state index contributed by atoms with van der Waals surface area (Å²) in [5, 5.41) is 10.1. The minimum atomic E-state index is -2.90. The molecule has 0 aromatic carbocycles. The van der Waals surface area contributed by atoms with Crippen LogP contribution in [0, 0.1) is 0 Å². The summed E-state index contributed by atoms with van der Waals surface area (Å²) in [6, 6.07) is 4.65. The van der Waals surface area contributed by atoms with Crippen molar-refractivity contribution in [2.75, 3.05) is 31.5 Å². The third-order valence-electron chi connectivity index (χ3n) is 6.99. The van der Waals surface area contributed by atoms with Crippen LogP contribution in [-0.2, 0) is 4.79 Å². The molecule has 0 spiro atoms. The molecule has 14 heteroatoms. The van der Waals surface area contributed by atoms with Crippen molar-refractivity contribution in [1.82, 2.24) is 34.3 Å². The molecule has 0 saturated carbocycles. The minimum Gasteiger partial charge on any atom is -0.343 e. The molecule has 0 radical (unpaired) electrons. The number of nitrogens with one attached hydrogen (secondary N) is 1. The van der Waals surface area contributed by atoms with E-state index in [2.05, 4.69) is 25.4 Å². The van der Waals surface area contributed by atoms with Gasteiger partial charge in [0.2, 0.25) is 5.91 Å². The van der Waals surface area contributed by atoms with E-state index in [0.717, 1.165) is 19.0 Å². The zero-order valence-corrected chi connectivity index (χ0v) is 20.5. The summed E-state index contributed by atoms with van der Waals surface area (Å²) >= 11 is 0. The number of anilines is 1. The lowest BCUT2D eigenvalue weighted by atomic mass is 9.97. The highest BCUT2D eigenvalue weighted by Gasteiger charge is 2.36. The maximum atomic E-state index is 13.7. The molecule has 5 rings (SSSR count). The van der Waals surface area contributed by atoms with Gasteiger partial charge in [-0.15, -0.1) is 0 Å². The number of nitrogens with zero attached hydrogens (tertiary/aromatic N) is 7. The summed E-state index contributed by atoms with van der Waals surface area (Å²) in [7, 11) is 0. The first-order chi connectivity index (χ1) is 18.2. The molecule has 0 aliphatic carbocycles. The number of piperidine rings is 1. The Bertz CT molecular complexity index is 1310. The van der Waals surface area contributed by atoms with Crippen molar-refractivity contribution in [3.63, 3.8) is 0 Å². The van der Waals surface area contributed by atoms with Crippen molar-refractivity contribution in [2.45, 2.75) is 44.8 Å². The smallest absolute Gasteiger partial charge is 0.333 e. The second kappa shape index (κ2) is 10.5. The molecule has 2 aliphatic rings. The topological polar surface area (TPSA) is 101 Å². The quantitative estimate of drug-likeness (QED) is 0.465. The fourth-order valence-corrected chi connectivity index (χ4v) is 4.83. The van der Waals surface area contributed by atoms with Crippen molar-refractivity contribution < 1.29 is 27.2 Å². The first-order valence-electron chi connectivity index (χ1n) is 12.2. The number of amides is 2. The average Bonchev–Trinajstić information content (AvgIpc) is 3.52. The van der Waals surface area contributed by atoms with E-state index in [9.17, 15) is 27.2 Å². The largest absolute Gasteiger partial charge is 0.343 e. The first-order valence-corrected chi connectivity index (χ1v) is 12.2. The summed E-state index contributed by atoms with van der Waals surface area (Å²) in [6.07, 6.45) is 2.52. The Morgan fingerprint density at radius 1 is 1.05 bits per heavy atom. The zero-order chi connectivity index (χ0) is 27.0. The first kappa shape index (κ1) is 25.8. The van der Waals surface area contributed by atoms with Crippen molar-refractivity contribution in [1.29, 1.82) is 0 Å². The number of alkyl halides is 4. The van der Waals surface area contributed by atoms with Gasteiger partial charge in [0, 0.05) is 57.1 Å². The molecule has 5 heterocycles. The van der Waals surface area contributed by atoms with Crippen LogP contribution in [-0.4, -0.2) is 78.4 Å². The van der Waals surface area contributed by atoms with E-state index in [1.807, 2.05) is 4.90 Å². The summed E-state index contributed by atoms with van der Waals surface area (Å²) < 4.78 is 55.1. The summed E-state index contributed by atoms with van der Waals surface area (Å²) in [5.41, 5.74) is -0.218. The van der Waals surface area contributed by atoms with Crippen LogP contribution in [0.2, 0.25) is 0 Å². The lowest BCUT2D eigenvalue weighted by Gasteiger charge is -2.47. The number of rotatable bonds is 7. The Morgan fingerprint density at radius 2 is 1.79 bits per heavy atom. The van der Waals surface area contributed by atoms with E-state index >= 15 is 0 Å². The van der Waals surface area contributed by atoms with Gasteiger partial charge in [0.05, 0.1) is 23.6 Å². The lowest BCUT2D eigenvalue weighted by Crippen LogP contribution is -2.56. The van der Waals surface area contributed by atoms with Crippen LogP contribution < -0.4 is 5.32 Å². The standard InChI is InChI=1S/C24H26F4N8O2/c1-14(37)33-7-5-16(6-8-33)34-11-17(12-34)35-13-20(21(32-35)22(25)26)31-23(38)19-4-2-3-18(30-19)15-9-29-36(10-15)24(27)28/h2-4,9-10,13,16-17,22,24H,5-8,11-12H2,1H3,(H,31,38). The fraction of sp³-hybridized carbons (Fsp3) is 0.458. The molecular formula is C24H26F4N8O2. The molecule has 3 aromatic heterocycles. The number of aromatic nitrogens is 5. The lowest BCUT2D eigenvalue weighted by molar-refractivity contribution is -0.130. The second-order valence-corrected chi connectivity index (χ2v) is 9.40. The Morgan fingerprint density at radius 3 is 2.42 bits per heavy atom. The molecule has 2 aliphatic heterocycles. The zero-order valence-electron chi connectivity index (χ0n) is 20.5. The third-order valence-corrected chi connectivity index (χ3v) is 6.99. The Kier molecular flexibility index (Phi) is 7.15. The van der Waals surface area contributed by atoms with E-state index in [4.69, 9.17) is 0 Å². The molecule has 0 atom stereocenters. The fourth-order valence-electron chi connectivity index (χ4n) is 4.83. The van der Waals surface area contributed by atoms with Gasteiger partial charge in [-0.2, -0.15) is 19.0 Å². The van der Waals surface area contributed by atoms with Gasteiger partial charge < -0.3 is 10.2 Å². The van der Waals surface area contributed by atoms with Gasteiger partial charge in [-0.3, -0.25) is 19.2 Å². The monoisotopic (exact) mass is 534 g/mol. The Labute approximate surface area is 215 Å². The van der Waals surface area contributed by atoms with Crippen LogP contribution in [0.4, 0.5) is 23.2 Å². The average molecular weight is 535 g/mol. The number of carbonyl (C=O) groups excluding carboxylic acids is 2. The third kappa shape index (κ3) is 5.26. The molecule has 2 amide bonds. The van der Waals surface area contributed by atoms with Gasteiger partial charge in [-0.1, -0.05) is 6.07 Å². The van der Waals surface area contributed by atoms with Crippen LogP contribution in [0.15, 0.2) is 36.8 Å². The molecule has 2 fully saturated rings. The van der Waals surface area contributed by atoms with Crippen LogP contribution in [0.5, 0.6) is 0 Å². The van der Waals surface area contributed by atoms with E-state index in [0.29, 0.717) is 36.9 Å². The van der Waals surface area contributed by atoms with E-state index in [1.54, 1.807) is 6.92 Å². The van der Waals surface area contributed by atoms with Crippen LogP contribution in [0.3, 0.4) is 0 Å². The predicted octanol–water partition coefficient (Wildman–Crippen LogP) is 3.59. The van der Waals surface area contributed by atoms with Crippen LogP contribution in [0.1, 0.15) is 55.0 Å². The Hall–Kier alpha value is -3.81. The van der Waals surface area contributed by atoms with Gasteiger partial charge >= 0.3 is 6.55 Å². The van der Waals surface area contributed by atoms with E-state index in [1.165, 1.54) is 35.3 Å². The number of hydrogen-bond acceptors (Lipinski definition) is 6. The van der Waals surface area contributed by atoms with E-state index < -0.39 is 24.6 Å². The Balaban J connectivity index is 1.24. The molecule has 1 N–H and O–H groups in total. The number of carbonyl (C=O) groups is 2. The minimum absolute atomic E-state index is 0.0698. The SMILES string of the molecule is CC(=O)N1CCC(N2CC(n3cc(NC(=O)c4cccc(-c5cnn(C(F)F)c5)n4)c(C(F)F)n3)C2)CC1. The van der Waals surface area contributed by atoms with Gasteiger partial charge in [-0.25, -0.2) is 18.4 Å². The van der Waals surface area contributed by atoms with Gasteiger partial charge in [0.1, 0.15) is 5.69 Å². The van der Waals surface area contributed by atoms with Crippen LogP contribution >= 0.6 is 0 Å². The highest BCUT2D eigenvalue weighted by Crippen LogP contribution is 2.32. The normalized spacial score (nSPS) is 17.3. The van der Waals surface area contributed by atoms with Crippen molar-refractivity contribution in [2.24, 2.45) is 0 Å². The molecule has 10 nitrogen and oxygen atoms in total. The molecule has 202 valence electrons. The molecule has 3 aromatic rings. The summed E-state index contributed by atoms with van der Waals surface area (Å²) in [6.45, 7) is 1.43. The van der Waals surface area contributed by atoms with E-state index in [-0.39, 0.29) is 34.6 Å². The number of likely N-dealkylation sites (tertiary alicyclic amines) is 2. The number of hydrogen-bond donors (Lipinski definition) is 1. The molecule has 0 bridgehead atoms. The number of halogens is 4. The highest BCUT2D eigenvalue weighted by atomic mass is 19.3. The molecule has 2 saturated heterocycles. The van der Waals surface area contributed by atoms with Crippen molar-refractivity contribution in [3.05, 3.63) is 48.2 Å². The predicted molar refractivity (Wildman–Crippen MR) is 128 cm³/mol. The summed E-state index contributed by atoms with van der Waals surface area (Å²) in [5.74, 6) is -0.664. The number of pyridine rings is 1.